The molecule has 0 aromatic heterocycles. The number of carbonyl (C=O) groups excluding carboxylic acids is 1. The van der Waals surface area contributed by atoms with Crippen molar-refractivity contribution in [3.05, 3.63) is 29.8 Å². The highest BCUT2D eigenvalue weighted by molar-refractivity contribution is 7.86. The minimum atomic E-state index is -3.91. The van der Waals surface area contributed by atoms with Crippen LogP contribution in [-0.2, 0) is 19.0 Å². The molecule has 1 heterocycles. The van der Waals surface area contributed by atoms with Crippen LogP contribution < -0.4 is 0 Å². The summed E-state index contributed by atoms with van der Waals surface area (Å²) in [4.78, 5) is 13.9. The lowest BCUT2D eigenvalue weighted by Gasteiger charge is -2.31. The van der Waals surface area contributed by atoms with E-state index in [1.165, 1.54) is 17.0 Å². The monoisotopic (exact) mass is 385 g/mol. The van der Waals surface area contributed by atoms with E-state index in [0.29, 0.717) is 12.8 Å². The fraction of sp³-hybridized carbons (Fsp3) is 0.611. The van der Waals surface area contributed by atoms with Gasteiger partial charge in [0.05, 0.1) is 30.2 Å². The Labute approximate surface area is 155 Å². The van der Waals surface area contributed by atoms with Gasteiger partial charge in [0.1, 0.15) is 5.60 Å². The highest BCUT2D eigenvalue weighted by atomic mass is 32.2. The zero-order valence-corrected chi connectivity index (χ0v) is 16.5. The number of benzene rings is 1. The maximum absolute atomic E-state index is 12.5. The third-order valence-corrected chi connectivity index (χ3v) is 5.46. The molecule has 0 aliphatic carbocycles. The Kier molecular flexibility index (Phi) is 6.31. The van der Waals surface area contributed by atoms with Crippen molar-refractivity contribution in [3.63, 3.8) is 0 Å². The number of aryl methyl sites for hydroxylation is 1. The molecule has 1 N–H and O–H groups in total. The van der Waals surface area contributed by atoms with Crippen LogP contribution in [0.1, 0.15) is 39.2 Å². The van der Waals surface area contributed by atoms with Gasteiger partial charge in [-0.25, -0.2) is 4.79 Å². The molecule has 26 heavy (non-hydrogen) atoms. The second-order valence-corrected chi connectivity index (χ2v) is 9.12. The number of rotatable bonds is 5. The number of likely N-dealkylation sites (tertiary alicyclic amines) is 1. The Morgan fingerprint density at radius 2 is 1.77 bits per heavy atom. The van der Waals surface area contributed by atoms with Gasteiger partial charge in [0.25, 0.3) is 10.1 Å². The number of ether oxygens (including phenoxy) is 1. The number of hydrogen-bond donors (Lipinski definition) is 1. The van der Waals surface area contributed by atoms with Crippen molar-refractivity contribution >= 4 is 16.2 Å². The molecule has 1 saturated heterocycles. The SMILES string of the molecule is Cc1ccc(S(=O)(=O)OCC2CCC(CO)N2C(=O)OC(C)(C)C)cc1. The lowest BCUT2D eigenvalue weighted by Crippen LogP contribution is -2.47. The van der Waals surface area contributed by atoms with Crippen molar-refractivity contribution in [1.29, 1.82) is 0 Å². The zero-order valence-electron chi connectivity index (χ0n) is 15.6. The van der Waals surface area contributed by atoms with Gasteiger partial charge in [0, 0.05) is 0 Å². The number of aliphatic hydroxyl groups is 1. The number of carbonyl (C=O) groups is 1. The molecule has 1 aromatic rings. The minimum Gasteiger partial charge on any atom is -0.444 e. The van der Waals surface area contributed by atoms with Crippen LogP contribution in [0.3, 0.4) is 0 Å². The van der Waals surface area contributed by atoms with Gasteiger partial charge in [-0.2, -0.15) is 8.42 Å². The van der Waals surface area contributed by atoms with E-state index < -0.39 is 33.9 Å². The summed E-state index contributed by atoms with van der Waals surface area (Å²) in [7, 11) is -3.91. The summed E-state index contributed by atoms with van der Waals surface area (Å²) in [5.74, 6) is 0. The average molecular weight is 385 g/mol. The molecule has 2 rings (SSSR count). The Morgan fingerprint density at radius 3 is 2.31 bits per heavy atom. The summed E-state index contributed by atoms with van der Waals surface area (Å²) in [6.45, 7) is 6.74. The highest BCUT2D eigenvalue weighted by Crippen LogP contribution is 2.27. The average Bonchev–Trinajstić information content (AvgIpc) is 2.95. The Morgan fingerprint density at radius 1 is 1.19 bits per heavy atom. The van der Waals surface area contributed by atoms with E-state index in [1.54, 1.807) is 32.9 Å². The summed E-state index contributed by atoms with van der Waals surface area (Å²) in [6, 6.07) is 5.49. The largest absolute Gasteiger partial charge is 0.444 e. The summed E-state index contributed by atoms with van der Waals surface area (Å²) in [6.07, 6.45) is 0.526. The van der Waals surface area contributed by atoms with Crippen molar-refractivity contribution in [2.45, 2.75) is 63.1 Å². The van der Waals surface area contributed by atoms with Crippen LogP contribution in [0, 0.1) is 6.92 Å². The van der Waals surface area contributed by atoms with Crippen LogP contribution in [0.5, 0.6) is 0 Å². The third-order valence-electron chi connectivity index (χ3n) is 4.16. The van der Waals surface area contributed by atoms with Gasteiger partial charge in [-0.3, -0.25) is 9.08 Å². The quantitative estimate of drug-likeness (QED) is 0.783. The van der Waals surface area contributed by atoms with Crippen molar-refractivity contribution in [2.24, 2.45) is 0 Å². The van der Waals surface area contributed by atoms with Gasteiger partial charge >= 0.3 is 6.09 Å². The molecule has 1 aliphatic heterocycles. The maximum Gasteiger partial charge on any atom is 0.410 e. The lowest BCUT2D eigenvalue weighted by molar-refractivity contribution is 0.00467. The van der Waals surface area contributed by atoms with E-state index in [9.17, 15) is 18.3 Å². The molecular weight excluding hydrogens is 358 g/mol. The molecule has 0 radical (unpaired) electrons. The van der Waals surface area contributed by atoms with Gasteiger partial charge in [-0.05, 0) is 52.7 Å². The van der Waals surface area contributed by atoms with E-state index in [0.717, 1.165) is 5.56 Å². The molecule has 1 fully saturated rings. The Bertz CT molecular complexity index is 723. The highest BCUT2D eigenvalue weighted by Gasteiger charge is 2.39. The standard InChI is InChI=1S/C18H27NO6S/c1-13-5-9-16(10-6-13)26(22,23)24-12-15-8-7-14(11-20)19(15)17(21)25-18(2,3)4/h5-6,9-10,14-15,20H,7-8,11-12H2,1-4H3. The van der Waals surface area contributed by atoms with Crippen LogP contribution in [-0.4, -0.2) is 55.4 Å². The second kappa shape index (κ2) is 7.94. The molecule has 0 spiro atoms. The first-order valence-corrected chi connectivity index (χ1v) is 10.0. The first kappa shape index (κ1) is 20.7. The van der Waals surface area contributed by atoms with Gasteiger partial charge in [0.2, 0.25) is 0 Å². The zero-order chi connectivity index (χ0) is 19.5. The molecule has 2 atom stereocenters. The third kappa shape index (κ3) is 5.18. The molecule has 0 bridgehead atoms. The van der Waals surface area contributed by atoms with Gasteiger partial charge < -0.3 is 9.84 Å². The first-order chi connectivity index (χ1) is 12.0. The fourth-order valence-corrected chi connectivity index (χ4v) is 3.80. The molecule has 2 unspecified atom stereocenters. The first-order valence-electron chi connectivity index (χ1n) is 8.62. The van der Waals surface area contributed by atoms with E-state index in [-0.39, 0.29) is 18.1 Å². The van der Waals surface area contributed by atoms with E-state index in [4.69, 9.17) is 8.92 Å². The normalized spacial score (nSPS) is 21.0. The van der Waals surface area contributed by atoms with Crippen molar-refractivity contribution in [3.8, 4) is 0 Å². The van der Waals surface area contributed by atoms with Gasteiger partial charge in [-0.15, -0.1) is 0 Å². The van der Waals surface area contributed by atoms with Crippen LogP contribution in [0.15, 0.2) is 29.2 Å². The van der Waals surface area contributed by atoms with Crippen molar-refractivity contribution < 1.29 is 27.2 Å². The number of aliphatic hydroxyl groups excluding tert-OH is 1. The topological polar surface area (TPSA) is 93.1 Å². The van der Waals surface area contributed by atoms with Gasteiger partial charge in [-0.1, -0.05) is 17.7 Å². The van der Waals surface area contributed by atoms with E-state index >= 15 is 0 Å². The molecule has 7 nitrogen and oxygen atoms in total. The summed E-state index contributed by atoms with van der Waals surface area (Å²) in [5.41, 5.74) is 0.264. The van der Waals surface area contributed by atoms with Crippen molar-refractivity contribution in [2.75, 3.05) is 13.2 Å². The summed E-state index contributed by atoms with van der Waals surface area (Å²) in [5, 5.41) is 9.53. The predicted octanol–water partition coefficient (Wildman–Crippen LogP) is 2.46. The molecule has 0 saturated carbocycles. The second-order valence-electron chi connectivity index (χ2n) is 7.51. The molecule has 8 heteroatoms. The molecule has 1 aromatic carbocycles. The van der Waals surface area contributed by atoms with Crippen LogP contribution in [0.4, 0.5) is 4.79 Å². The fourth-order valence-electron chi connectivity index (χ4n) is 2.86. The smallest absolute Gasteiger partial charge is 0.410 e. The Balaban J connectivity index is 2.09. The number of hydrogen-bond acceptors (Lipinski definition) is 6. The molecule has 1 aliphatic rings. The van der Waals surface area contributed by atoms with Crippen LogP contribution >= 0.6 is 0 Å². The molecule has 1 amide bonds. The summed E-state index contributed by atoms with van der Waals surface area (Å²) < 4.78 is 35.3. The van der Waals surface area contributed by atoms with E-state index in [2.05, 4.69) is 0 Å². The van der Waals surface area contributed by atoms with E-state index in [1.807, 2.05) is 6.92 Å². The lowest BCUT2D eigenvalue weighted by atomic mass is 10.2. The van der Waals surface area contributed by atoms with Crippen molar-refractivity contribution in [1.82, 2.24) is 4.90 Å². The Hall–Kier alpha value is -1.64. The predicted molar refractivity (Wildman–Crippen MR) is 96.3 cm³/mol. The number of amides is 1. The summed E-state index contributed by atoms with van der Waals surface area (Å²) >= 11 is 0. The van der Waals surface area contributed by atoms with Crippen LogP contribution in [0.25, 0.3) is 0 Å². The molecule has 146 valence electrons. The maximum atomic E-state index is 12.5. The molecular formula is C18H27NO6S. The number of nitrogens with zero attached hydrogens (tertiary/aromatic N) is 1. The minimum absolute atomic E-state index is 0.0728. The van der Waals surface area contributed by atoms with Crippen LogP contribution in [0.2, 0.25) is 0 Å². The van der Waals surface area contributed by atoms with Gasteiger partial charge in [0.15, 0.2) is 0 Å².